The highest BCUT2D eigenvalue weighted by atomic mass is 79.9. The van der Waals surface area contributed by atoms with E-state index in [1.54, 1.807) is 17.8 Å². The smallest absolute Gasteiger partial charge is 0.124 e. The fourth-order valence-electron chi connectivity index (χ4n) is 0.939. The SMILES string of the molecule is CC(CN)SCc1ccc(F)cc1Br. The highest BCUT2D eigenvalue weighted by Crippen LogP contribution is 2.24. The van der Waals surface area contributed by atoms with Gasteiger partial charge >= 0.3 is 0 Å². The lowest BCUT2D eigenvalue weighted by molar-refractivity contribution is 0.626. The van der Waals surface area contributed by atoms with Crippen LogP contribution in [0.4, 0.5) is 4.39 Å². The summed E-state index contributed by atoms with van der Waals surface area (Å²) in [5.41, 5.74) is 6.61. The summed E-state index contributed by atoms with van der Waals surface area (Å²) in [5, 5.41) is 0.437. The molecule has 0 aliphatic carbocycles. The van der Waals surface area contributed by atoms with Crippen LogP contribution in [-0.4, -0.2) is 11.8 Å². The molecule has 4 heteroatoms. The Bertz CT molecular complexity index is 306. The van der Waals surface area contributed by atoms with E-state index in [1.807, 2.05) is 0 Å². The Hall–Kier alpha value is -0.0600. The number of benzene rings is 1. The number of rotatable bonds is 4. The van der Waals surface area contributed by atoms with Gasteiger partial charge in [0.15, 0.2) is 0 Å². The van der Waals surface area contributed by atoms with E-state index < -0.39 is 0 Å². The molecule has 0 radical (unpaired) electrons. The molecule has 0 aliphatic heterocycles. The zero-order chi connectivity index (χ0) is 10.6. The lowest BCUT2D eigenvalue weighted by Crippen LogP contribution is -2.12. The van der Waals surface area contributed by atoms with Crippen LogP contribution >= 0.6 is 27.7 Å². The lowest BCUT2D eigenvalue weighted by atomic mass is 10.2. The Balaban J connectivity index is 2.59. The van der Waals surface area contributed by atoms with Crippen LogP contribution in [0.5, 0.6) is 0 Å². The van der Waals surface area contributed by atoms with Crippen LogP contribution in [0.25, 0.3) is 0 Å². The maximum absolute atomic E-state index is 12.8. The maximum atomic E-state index is 12.8. The first-order valence-corrected chi connectivity index (χ1v) is 6.23. The Morgan fingerprint density at radius 2 is 2.29 bits per heavy atom. The van der Waals surface area contributed by atoms with Crippen molar-refractivity contribution in [3.8, 4) is 0 Å². The van der Waals surface area contributed by atoms with Crippen molar-refractivity contribution in [1.29, 1.82) is 0 Å². The monoisotopic (exact) mass is 277 g/mol. The first-order valence-electron chi connectivity index (χ1n) is 4.39. The molecular weight excluding hydrogens is 265 g/mol. The Labute approximate surface area is 96.4 Å². The standard InChI is InChI=1S/C10H13BrFNS/c1-7(5-13)14-6-8-2-3-9(12)4-10(8)11/h2-4,7H,5-6,13H2,1H3. The average Bonchev–Trinajstić information content (AvgIpc) is 2.16. The molecule has 1 atom stereocenters. The largest absolute Gasteiger partial charge is 0.329 e. The van der Waals surface area contributed by atoms with Crippen molar-refractivity contribution in [2.45, 2.75) is 17.9 Å². The van der Waals surface area contributed by atoms with Crippen molar-refractivity contribution in [3.63, 3.8) is 0 Å². The van der Waals surface area contributed by atoms with Crippen LogP contribution in [0.15, 0.2) is 22.7 Å². The van der Waals surface area contributed by atoms with E-state index in [1.165, 1.54) is 12.1 Å². The number of thioether (sulfide) groups is 1. The summed E-state index contributed by atoms with van der Waals surface area (Å²) in [7, 11) is 0. The maximum Gasteiger partial charge on any atom is 0.124 e. The molecule has 1 nitrogen and oxygen atoms in total. The van der Waals surface area contributed by atoms with Crippen molar-refractivity contribution < 1.29 is 4.39 Å². The minimum absolute atomic E-state index is 0.211. The predicted octanol–water partition coefficient (Wildman–Crippen LogP) is 3.17. The van der Waals surface area contributed by atoms with Crippen LogP contribution in [0.3, 0.4) is 0 Å². The summed E-state index contributed by atoms with van der Waals surface area (Å²) in [4.78, 5) is 0. The van der Waals surface area contributed by atoms with Gasteiger partial charge in [0.05, 0.1) is 0 Å². The fourth-order valence-corrected chi connectivity index (χ4v) is 2.47. The third-order valence-electron chi connectivity index (χ3n) is 1.87. The van der Waals surface area contributed by atoms with Crippen LogP contribution in [-0.2, 0) is 5.75 Å². The van der Waals surface area contributed by atoms with Gasteiger partial charge in [0.1, 0.15) is 5.82 Å². The van der Waals surface area contributed by atoms with E-state index in [0.29, 0.717) is 11.8 Å². The van der Waals surface area contributed by atoms with Crippen molar-refractivity contribution in [1.82, 2.24) is 0 Å². The average molecular weight is 278 g/mol. The van der Waals surface area contributed by atoms with Crippen molar-refractivity contribution in [2.75, 3.05) is 6.54 Å². The molecule has 2 N–H and O–H groups in total. The Kier molecular flexibility index (Phi) is 4.92. The van der Waals surface area contributed by atoms with Gasteiger partial charge in [-0.15, -0.1) is 0 Å². The predicted molar refractivity (Wildman–Crippen MR) is 63.9 cm³/mol. The number of nitrogens with two attached hydrogens (primary N) is 1. The molecule has 1 rings (SSSR count). The second kappa shape index (κ2) is 5.73. The van der Waals surface area contributed by atoms with E-state index >= 15 is 0 Å². The summed E-state index contributed by atoms with van der Waals surface area (Å²) in [5.74, 6) is 0.650. The van der Waals surface area contributed by atoms with E-state index in [-0.39, 0.29) is 5.82 Å². The molecule has 1 aromatic carbocycles. The van der Waals surface area contributed by atoms with E-state index in [0.717, 1.165) is 15.8 Å². The summed E-state index contributed by atoms with van der Waals surface area (Å²) < 4.78 is 13.6. The zero-order valence-electron chi connectivity index (χ0n) is 7.97. The van der Waals surface area contributed by atoms with Gasteiger partial charge in [-0.05, 0) is 17.7 Å². The van der Waals surface area contributed by atoms with Crippen LogP contribution in [0.1, 0.15) is 12.5 Å². The third kappa shape index (κ3) is 3.59. The van der Waals surface area contributed by atoms with Gasteiger partial charge in [-0.25, -0.2) is 4.39 Å². The molecule has 1 aromatic rings. The normalized spacial score (nSPS) is 12.9. The van der Waals surface area contributed by atoms with Crippen LogP contribution < -0.4 is 5.73 Å². The van der Waals surface area contributed by atoms with Gasteiger partial charge in [0.2, 0.25) is 0 Å². The number of hydrogen-bond donors (Lipinski definition) is 1. The Morgan fingerprint density at radius 1 is 1.57 bits per heavy atom. The van der Waals surface area contributed by atoms with E-state index in [9.17, 15) is 4.39 Å². The van der Waals surface area contributed by atoms with Gasteiger partial charge in [0, 0.05) is 22.0 Å². The molecule has 1 unspecified atom stereocenters. The van der Waals surface area contributed by atoms with Crippen LogP contribution in [0.2, 0.25) is 0 Å². The fraction of sp³-hybridized carbons (Fsp3) is 0.400. The molecule has 0 amide bonds. The van der Waals surface area contributed by atoms with Crippen molar-refractivity contribution in [2.24, 2.45) is 5.73 Å². The van der Waals surface area contributed by atoms with Gasteiger partial charge in [-0.2, -0.15) is 11.8 Å². The highest BCUT2D eigenvalue weighted by molar-refractivity contribution is 9.10. The first-order chi connectivity index (χ1) is 6.63. The second-order valence-corrected chi connectivity index (χ2v) is 5.37. The second-order valence-electron chi connectivity index (χ2n) is 3.09. The highest BCUT2D eigenvalue weighted by Gasteiger charge is 2.04. The third-order valence-corrected chi connectivity index (χ3v) is 3.85. The first kappa shape index (κ1) is 12.0. The van der Waals surface area contributed by atoms with Crippen molar-refractivity contribution >= 4 is 27.7 Å². The molecule has 0 spiro atoms. The molecule has 0 saturated carbocycles. The zero-order valence-corrected chi connectivity index (χ0v) is 10.4. The Morgan fingerprint density at radius 3 is 2.86 bits per heavy atom. The topological polar surface area (TPSA) is 26.0 Å². The summed E-state index contributed by atoms with van der Waals surface area (Å²) in [6, 6.07) is 4.77. The van der Waals surface area contributed by atoms with Crippen LogP contribution in [0, 0.1) is 5.82 Å². The molecule has 0 bridgehead atoms. The molecule has 78 valence electrons. The molecule has 0 aliphatic rings. The van der Waals surface area contributed by atoms with E-state index in [4.69, 9.17) is 5.73 Å². The molecule has 14 heavy (non-hydrogen) atoms. The quantitative estimate of drug-likeness (QED) is 0.915. The number of halogens is 2. The lowest BCUT2D eigenvalue weighted by Gasteiger charge is -2.09. The van der Waals surface area contributed by atoms with Gasteiger partial charge in [-0.1, -0.05) is 28.9 Å². The summed E-state index contributed by atoms with van der Waals surface area (Å²) >= 11 is 5.11. The molecule has 0 saturated heterocycles. The summed E-state index contributed by atoms with van der Waals surface area (Å²) in [6.45, 7) is 2.76. The van der Waals surface area contributed by atoms with Gasteiger partial charge < -0.3 is 5.73 Å². The molecule has 0 fully saturated rings. The van der Waals surface area contributed by atoms with Crippen molar-refractivity contribution in [3.05, 3.63) is 34.1 Å². The van der Waals surface area contributed by atoms with Gasteiger partial charge in [-0.3, -0.25) is 0 Å². The molecule has 0 heterocycles. The molecular formula is C10H13BrFNS. The van der Waals surface area contributed by atoms with E-state index in [2.05, 4.69) is 22.9 Å². The minimum atomic E-state index is -0.211. The minimum Gasteiger partial charge on any atom is -0.329 e. The summed E-state index contributed by atoms with van der Waals surface area (Å²) in [6.07, 6.45) is 0. The van der Waals surface area contributed by atoms with Gasteiger partial charge in [0.25, 0.3) is 0 Å². The number of hydrogen-bond acceptors (Lipinski definition) is 2. The molecule has 0 aromatic heterocycles.